The molecule has 0 saturated carbocycles. The second-order valence-corrected chi connectivity index (χ2v) is 12.7. The molecule has 0 N–H and O–H groups in total. The van der Waals surface area contributed by atoms with Crippen LogP contribution in [-0.4, -0.2) is 19.7 Å². The predicted octanol–water partition coefficient (Wildman–Crippen LogP) is 5.70. The Morgan fingerprint density at radius 1 is 1.14 bits per heavy atom. The minimum atomic E-state index is -2.04. The fourth-order valence-electron chi connectivity index (χ4n) is 2.32. The lowest BCUT2D eigenvalue weighted by molar-refractivity contribution is 0.0196. The van der Waals surface area contributed by atoms with Gasteiger partial charge in [-0.3, -0.25) is 4.79 Å². The van der Waals surface area contributed by atoms with E-state index in [0.717, 1.165) is 12.0 Å². The van der Waals surface area contributed by atoms with Gasteiger partial charge < -0.3 is 4.43 Å². The molecule has 0 spiro atoms. The smallest absolute Gasteiger partial charge is 0.193 e. The maximum atomic E-state index is 13.2. The van der Waals surface area contributed by atoms with E-state index in [0.29, 0.717) is 0 Å². The molecule has 0 bridgehead atoms. The third-order valence-electron chi connectivity index (χ3n) is 5.31. The van der Waals surface area contributed by atoms with E-state index >= 15 is 0 Å². The third kappa shape index (κ3) is 3.88. The van der Waals surface area contributed by atoms with Crippen LogP contribution in [0.2, 0.25) is 18.1 Å². The molecule has 22 heavy (non-hydrogen) atoms. The average Bonchev–Trinajstić information content (AvgIpc) is 2.44. The molecule has 0 aliphatic rings. The summed E-state index contributed by atoms with van der Waals surface area (Å²) in [7, 11) is -2.04. The minimum Gasteiger partial charge on any atom is -0.404 e. The molecule has 0 amide bonds. The van der Waals surface area contributed by atoms with Gasteiger partial charge in [0.05, 0.1) is 0 Å². The second kappa shape index (κ2) is 6.67. The van der Waals surface area contributed by atoms with Crippen LogP contribution in [-0.2, 0) is 4.43 Å². The second-order valence-electron chi connectivity index (χ2n) is 7.97. The van der Waals surface area contributed by atoms with Gasteiger partial charge in [-0.05, 0) is 31.0 Å². The van der Waals surface area contributed by atoms with Gasteiger partial charge in [0.25, 0.3) is 0 Å². The molecule has 1 aromatic rings. The molecule has 0 heterocycles. The maximum Gasteiger partial charge on any atom is 0.193 e. The Morgan fingerprint density at radius 3 is 2.05 bits per heavy atom. The van der Waals surface area contributed by atoms with Gasteiger partial charge in [-0.1, -0.05) is 71.4 Å². The fourth-order valence-corrected chi connectivity index (χ4v) is 3.98. The van der Waals surface area contributed by atoms with E-state index in [1.807, 2.05) is 37.3 Å². The van der Waals surface area contributed by atoms with Crippen LogP contribution in [0.1, 0.15) is 58.3 Å². The molecular formula is C19H32O2Si. The van der Waals surface area contributed by atoms with Gasteiger partial charge in [0.15, 0.2) is 14.1 Å². The molecule has 0 aromatic heterocycles. The monoisotopic (exact) mass is 320 g/mol. The first-order valence-electron chi connectivity index (χ1n) is 8.25. The summed E-state index contributed by atoms with van der Waals surface area (Å²) in [4.78, 5) is 13.2. The maximum absolute atomic E-state index is 13.2. The fraction of sp³-hybridized carbons (Fsp3) is 0.632. The molecule has 0 aliphatic heterocycles. The van der Waals surface area contributed by atoms with Crippen molar-refractivity contribution < 1.29 is 9.22 Å². The lowest BCUT2D eigenvalue weighted by Crippen LogP contribution is -2.55. The molecule has 1 unspecified atom stereocenters. The summed E-state index contributed by atoms with van der Waals surface area (Å²) in [5.41, 5.74) is -0.0250. The lowest BCUT2D eigenvalue weighted by atomic mass is 9.82. The molecule has 124 valence electrons. The van der Waals surface area contributed by atoms with Gasteiger partial charge >= 0.3 is 0 Å². The quantitative estimate of drug-likeness (QED) is 0.496. The molecule has 0 saturated heterocycles. The molecule has 0 fully saturated rings. The van der Waals surface area contributed by atoms with Gasteiger partial charge in [-0.2, -0.15) is 0 Å². The zero-order valence-corrected chi connectivity index (χ0v) is 16.5. The summed E-state index contributed by atoms with van der Waals surface area (Å²) >= 11 is 0. The Morgan fingerprint density at radius 2 is 1.64 bits per heavy atom. The van der Waals surface area contributed by atoms with E-state index < -0.39 is 13.9 Å². The van der Waals surface area contributed by atoms with Crippen LogP contribution in [0.5, 0.6) is 0 Å². The number of carbonyl (C=O) groups excluding carboxylic acids is 1. The Bertz CT molecular complexity index is 502. The van der Waals surface area contributed by atoms with E-state index in [4.69, 9.17) is 4.43 Å². The first-order chi connectivity index (χ1) is 9.95. The van der Waals surface area contributed by atoms with Crippen molar-refractivity contribution in [3.05, 3.63) is 35.9 Å². The van der Waals surface area contributed by atoms with Crippen molar-refractivity contribution >= 4 is 14.1 Å². The normalized spacial score (nSPS) is 16.9. The highest BCUT2D eigenvalue weighted by Gasteiger charge is 2.48. The molecule has 1 rings (SSSR count). The number of rotatable bonds is 6. The van der Waals surface area contributed by atoms with Crippen LogP contribution in [0.15, 0.2) is 30.3 Å². The Kier molecular flexibility index (Phi) is 5.80. The molecule has 3 heteroatoms. The first-order valence-corrected chi connectivity index (χ1v) is 11.2. The number of hydrogen-bond acceptors (Lipinski definition) is 2. The largest absolute Gasteiger partial charge is 0.404 e. The van der Waals surface area contributed by atoms with Crippen LogP contribution in [0, 0.1) is 5.92 Å². The van der Waals surface area contributed by atoms with Gasteiger partial charge in [0.2, 0.25) is 0 Å². The van der Waals surface area contributed by atoms with Crippen molar-refractivity contribution in [1.82, 2.24) is 0 Å². The summed E-state index contributed by atoms with van der Waals surface area (Å²) in [5.74, 6) is 0.279. The van der Waals surface area contributed by atoms with Crippen molar-refractivity contribution in [3.8, 4) is 0 Å². The predicted molar refractivity (Wildman–Crippen MR) is 96.9 cm³/mol. The number of hydrogen-bond donors (Lipinski definition) is 0. The van der Waals surface area contributed by atoms with Crippen LogP contribution in [0.25, 0.3) is 0 Å². The summed E-state index contributed by atoms with van der Waals surface area (Å²) in [5, 5.41) is 0.0820. The molecule has 0 aliphatic carbocycles. The van der Waals surface area contributed by atoms with E-state index in [1.54, 1.807) is 0 Å². The molecule has 0 radical (unpaired) electrons. The minimum absolute atomic E-state index is 0.0820. The highest BCUT2D eigenvalue weighted by Crippen LogP contribution is 2.42. The van der Waals surface area contributed by atoms with Crippen LogP contribution in [0.4, 0.5) is 0 Å². The van der Waals surface area contributed by atoms with Crippen LogP contribution >= 0.6 is 0 Å². The number of carbonyl (C=O) groups is 1. The third-order valence-corrected chi connectivity index (χ3v) is 9.86. The average molecular weight is 321 g/mol. The van der Waals surface area contributed by atoms with Crippen molar-refractivity contribution in [1.29, 1.82) is 0 Å². The molecule has 1 aromatic carbocycles. The van der Waals surface area contributed by atoms with Crippen molar-refractivity contribution in [2.24, 2.45) is 5.92 Å². The van der Waals surface area contributed by atoms with E-state index in [9.17, 15) is 4.79 Å². The Labute approximate surface area is 137 Å². The highest BCUT2D eigenvalue weighted by molar-refractivity contribution is 6.74. The van der Waals surface area contributed by atoms with Gasteiger partial charge in [0, 0.05) is 5.56 Å². The standard InChI is InChI=1S/C19H32O2Si/c1-9-15(2)19(6,21-22(7,8)18(3,4)5)17(20)16-13-11-10-12-14-16/h10-15H,9H2,1-8H3/t15-,19?/m0/s1. The zero-order chi connectivity index (χ0) is 17.2. The van der Waals surface area contributed by atoms with Gasteiger partial charge in [0.1, 0.15) is 5.60 Å². The summed E-state index contributed by atoms with van der Waals surface area (Å²) in [6.07, 6.45) is 0.920. The Hall–Kier alpha value is -0.933. The molecule has 2 atom stereocenters. The number of Topliss-reactive ketones (excluding diaryl/α,β-unsaturated/α-hetero) is 1. The topological polar surface area (TPSA) is 26.3 Å². The van der Waals surface area contributed by atoms with E-state index in [2.05, 4.69) is 47.7 Å². The summed E-state index contributed by atoms with van der Waals surface area (Å²) < 4.78 is 6.65. The SMILES string of the molecule is CC[C@H](C)C(C)(O[Si](C)(C)C(C)(C)C)C(=O)c1ccccc1. The molecular weight excluding hydrogens is 288 g/mol. The zero-order valence-electron chi connectivity index (χ0n) is 15.5. The van der Waals surface area contributed by atoms with Crippen molar-refractivity contribution in [3.63, 3.8) is 0 Å². The van der Waals surface area contributed by atoms with Crippen LogP contribution < -0.4 is 0 Å². The van der Waals surface area contributed by atoms with Gasteiger partial charge in [-0.15, -0.1) is 0 Å². The first kappa shape index (κ1) is 19.1. The van der Waals surface area contributed by atoms with Crippen LogP contribution in [0.3, 0.4) is 0 Å². The lowest BCUT2D eigenvalue weighted by Gasteiger charge is -2.45. The van der Waals surface area contributed by atoms with Gasteiger partial charge in [-0.25, -0.2) is 0 Å². The van der Waals surface area contributed by atoms with E-state index in [-0.39, 0.29) is 16.7 Å². The van der Waals surface area contributed by atoms with Crippen molar-refractivity contribution in [2.75, 3.05) is 0 Å². The number of benzene rings is 1. The number of ketones is 1. The summed E-state index contributed by atoms with van der Waals surface area (Å²) in [6, 6.07) is 9.54. The highest BCUT2D eigenvalue weighted by atomic mass is 28.4. The van der Waals surface area contributed by atoms with Crippen molar-refractivity contribution in [2.45, 2.75) is 71.7 Å². The van der Waals surface area contributed by atoms with E-state index in [1.165, 1.54) is 0 Å². The summed E-state index contributed by atoms with van der Waals surface area (Å²) in [6.45, 7) is 17.3. The Balaban J connectivity index is 3.25. The molecule has 2 nitrogen and oxygen atoms in total.